The van der Waals surface area contributed by atoms with Crippen LogP contribution < -0.4 is 5.32 Å². The Hall–Kier alpha value is -3.87. The van der Waals surface area contributed by atoms with Gasteiger partial charge in [-0.2, -0.15) is 9.40 Å². The van der Waals surface area contributed by atoms with Crippen molar-refractivity contribution in [3.63, 3.8) is 0 Å². The molecule has 4 aromatic rings. The number of likely N-dealkylation sites (N-methyl/N-ethyl adjacent to an activating group) is 1. The Kier molecular flexibility index (Phi) is 9.16. The average molecular weight is 650 g/mol. The molecule has 236 valence electrons. The number of halogens is 1. The average Bonchev–Trinajstić information content (AvgIpc) is 3.72. The van der Waals surface area contributed by atoms with E-state index in [1.807, 2.05) is 18.3 Å². The van der Waals surface area contributed by atoms with Crippen molar-refractivity contribution in [3.8, 4) is 16.9 Å². The maximum Gasteiger partial charge on any atom is 0.262 e. The summed E-state index contributed by atoms with van der Waals surface area (Å²) in [4.78, 5) is 21.6. The van der Waals surface area contributed by atoms with E-state index >= 15 is 0 Å². The molecule has 0 unspecified atom stereocenters. The van der Waals surface area contributed by atoms with Gasteiger partial charge in [0.25, 0.3) is 10.0 Å². The van der Waals surface area contributed by atoms with Crippen LogP contribution in [0.3, 0.4) is 0 Å². The van der Waals surface area contributed by atoms with E-state index in [2.05, 4.69) is 53.0 Å². The SMILES string of the molecule is [C-]#[N+]c1cnc(NC2CCN(S(=O)(=O)c3cn(C)cn3)CC2)nc1-c1cnn(-c2ccc(CN3CCN(CC)CC3)cc2Cl)c1. The summed E-state index contributed by atoms with van der Waals surface area (Å²) in [6.07, 6.45) is 9.13. The summed E-state index contributed by atoms with van der Waals surface area (Å²) in [5.74, 6) is 0.373. The number of anilines is 1. The molecule has 0 radical (unpaired) electrons. The molecule has 0 bridgehead atoms. The first-order valence-electron chi connectivity index (χ1n) is 15.0. The molecule has 0 amide bonds. The van der Waals surface area contributed by atoms with Gasteiger partial charge in [0.05, 0.1) is 35.5 Å². The normalized spacial score (nSPS) is 17.4. The highest BCUT2D eigenvalue weighted by molar-refractivity contribution is 7.89. The number of nitrogens with one attached hydrogen (secondary N) is 1. The van der Waals surface area contributed by atoms with E-state index in [0.29, 0.717) is 53.8 Å². The summed E-state index contributed by atoms with van der Waals surface area (Å²) in [6.45, 7) is 16.8. The second-order valence-electron chi connectivity index (χ2n) is 11.4. The molecule has 1 aromatic carbocycles. The van der Waals surface area contributed by atoms with E-state index in [1.54, 1.807) is 22.5 Å². The number of benzene rings is 1. The predicted octanol–water partition coefficient (Wildman–Crippen LogP) is 3.67. The molecule has 6 rings (SSSR count). The first-order chi connectivity index (χ1) is 21.7. The van der Waals surface area contributed by atoms with Crippen molar-refractivity contribution in [1.82, 2.24) is 43.4 Å². The molecular weight excluding hydrogens is 614 g/mol. The first-order valence-corrected chi connectivity index (χ1v) is 16.8. The standard InChI is InChI=1S/C30H36ClN11O2S/c1-4-39-11-13-40(14-12-39)18-22-5-6-27(25(31)15-22)42-19-23(16-35-42)29-26(32-2)17-33-30(37-29)36-24-7-9-41(10-8-24)45(43,44)28-20-38(3)21-34-28/h5-6,15-17,19-21,24H,4,7-14,18H2,1,3H3,(H,33,36,37). The molecule has 5 heterocycles. The number of rotatable bonds is 9. The second-order valence-corrected chi connectivity index (χ2v) is 13.7. The number of hydrogen-bond acceptors (Lipinski definition) is 9. The molecule has 0 aliphatic carbocycles. The van der Waals surface area contributed by atoms with E-state index in [-0.39, 0.29) is 11.1 Å². The van der Waals surface area contributed by atoms with Gasteiger partial charge < -0.3 is 14.8 Å². The molecule has 2 aliphatic rings. The van der Waals surface area contributed by atoms with Crippen LogP contribution in [-0.4, -0.2) is 104 Å². The minimum atomic E-state index is -3.64. The van der Waals surface area contributed by atoms with Crippen LogP contribution in [0.5, 0.6) is 0 Å². The highest BCUT2D eigenvalue weighted by Crippen LogP contribution is 2.31. The molecule has 15 heteroatoms. The number of hydrogen-bond donors (Lipinski definition) is 1. The fourth-order valence-corrected chi connectivity index (χ4v) is 7.48. The van der Waals surface area contributed by atoms with Crippen molar-refractivity contribution >= 4 is 33.3 Å². The van der Waals surface area contributed by atoms with Crippen LogP contribution in [0.15, 0.2) is 54.3 Å². The number of piperidine rings is 1. The third kappa shape index (κ3) is 6.87. The quantitative estimate of drug-likeness (QED) is 0.271. The summed E-state index contributed by atoms with van der Waals surface area (Å²) in [5.41, 5.74) is 3.33. The van der Waals surface area contributed by atoms with Gasteiger partial charge >= 0.3 is 0 Å². The molecule has 0 atom stereocenters. The van der Waals surface area contributed by atoms with Gasteiger partial charge in [0.1, 0.15) is 0 Å². The molecule has 0 spiro atoms. The molecule has 3 aromatic heterocycles. The zero-order valence-corrected chi connectivity index (χ0v) is 26.9. The molecule has 2 fully saturated rings. The van der Waals surface area contributed by atoms with E-state index in [9.17, 15) is 8.42 Å². The predicted molar refractivity (Wildman–Crippen MR) is 172 cm³/mol. The number of piperazine rings is 1. The molecule has 0 saturated carbocycles. The van der Waals surface area contributed by atoms with Crippen molar-refractivity contribution in [2.75, 3.05) is 51.1 Å². The molecule has 13 nitrogen and oxygen atoms in total. The summed E-state index contributed by atoms with van der Waals surface area (Å²) in [6, 6.07) is 6.02. The van der Waals surface area contributed by atoms with Crippen molar-refractivity contribution in [2.24, 2.45) is 7.05 Å². The number of nitrogens with zero attached hydrogens (tertiary/aromatic N) is 10. The zero-order chi connectivity index (χ0) is 31.6. The van der Waals surface area contributed by atoms with Crippen LogP contribution in [0.1, 0.15) is 25.3 Å². The Morgan fingerprint density at radius 1 is 1.04 bits per heavy atom. The minimum Gasteiger partial charge on any atom is -0.351 e. The lowest BCUT2D eigenvalue weighted by atomic mass is 10.1. The van der Waals surface area contributed by atoms with Gasteiger partial charge in [0.15, 0.2) is 5.03 Å². The van der Waals surface area contributed by atoms with Crippen molar-refractivity contribution in [2.45, 2.75) is 37.4 Å². The lowest BCUT2D eigenvalue weighted by Crippen LogP contribution is -2.45. The van der Waals surface area contributed by atoms with Crippen LogP contribution >= 0.6 is 11.6 Å². The summed E-state index contributed by atoms with van der Waals surface area (Å²) in [7, 11) is -1.90. The minimum absolute atomic E-state index is 0.0256. The van der Waals surface area contributed by atoms with E-state index in [1.165, 1.54) is 23.0 Å². The molecular formula is C30H36ClN11O2S. The van der Waals surface area contributed by atoms with E-state index in [0.717, 1.165) is 50.5 Å². The number of sulfonamides is 1. The highest BCUT2D eigenvalue weighted by Gasteiger charge is 2.31. The van der Waals surface area contributed by atoms with Gasteiger partial charge in [0.2, 0.25) is 11.6 Å². The van der Waals surface area contributed by atoms with Crippen molar-refractivity contribution in [1.29, 1.82) is 0 Å². The number of aryl methyl sites for hydroxylation is 1. The molecule has 45 heavy (non-hydrogen) atoms. The lowest BCUT2D eigenvalue weighted by molar-refractivity contribution is 0.132. The fraction of sp³-hybridized carbons (Fsp3) is 0.433. The summed E-state index contributed by atoms with van der Waals surface area (Å²) in [5, 5.41) is 8.51. The van der Waals surface area contributed by atoms with Gasteiger partial charge in [-0.1, -0.05) is 24.6 Å². The van der Waals surface area contributed by atoms with Gasteiger partial charge in [-0.15, -0.1) is 0 Å². The maximum absolute atomic E-state index is 12.9. The Bertz CT molecular complexity index is 1800. The smallest absolute Gasteiger partial charge is 0.262 e. The first kappa shape index (κ1) is 31.1. The monoisotopic (exact) mass is 649 g/mol. The summed E-state index contributed by atoms with van der Waals surface area (Å²) < 4.78 is 30.7. The Labute approximate surface area is 268 Å². The third-order valence-electron chi connectivity index (χ3n) is 8.40. The Balaban J connectivity index is 1.12. The van der Waals surface area contributed by atoms with Crippen LogP contribution in [0.4, 0.5) is 11.6 Å². The maximum atomic E-state index is 12.9. The topological polar surface area (TPSA) is 122 Å². The fourth-order valence-electron chi connectivity index (χ4n) is 5.75. The van der Waals surface area contributed by atoms with E-state index in [4.69, 9.17) is 18.2 Å². The van der Waals surface area contributed by atoms with Crippen LogP contribution in [0, 0.1) is 6.57 Å². The molecule has 2 saturated heterocycles. The number of imidazole rings is 1. The largest absolute Gasteiger partial charge is 0.351 e. The van der Waals surface area contributed by atoms with Crippen molar-refractivity contribution in [3.05, 3.63) is 71.3 Å². The van der Waals surface area contributed by atoms with Crippen molar-refractivity contribution < 1.29 is 8.42 Å². The van der Waals surface area contributed by atoms with Gasteiger partial charge in [0, 0.05) is 83.1 Å². The van der Waals surface area contributed by atoms with Gasteiger partial charge in [-0.3, -0.25) is 4.90 Å². The highest BCUT2D eigenvalue weighted by atomic mass is 35.5. The Morgan fingerprint density at radius 3 is 2.47 bits per heavy atom. The zero-order valence-electron chi connectivity index (χ0n) is 25.3. The Morgan fingerprint density at radius 2 is 1.80 bits per heavy atom. The third-order valence-corrected chi connectivity index (χ3v) is 10.5. The van der Waals surface area contributed by atoms with E-state index < -0.39 is 10.0 Å². The lowest BCUT2D eigenvalue weighted by Gasteiger charge is -2.34. The van der Waals surface area contributed by atoms with Gasteiger partial charge in [-0.25, -0.2) is 32.9 Å². The number of aromatic nitrogens is 6. The van der Waals surface area contributed by atoms with Gasteiger partial charge in [-0.05, 0) is 37.1 Å². The second kappa shape index (κ2) is 13.2. The van der Waals surface area contributed by atoms with Crippen LogP contribution in [0.25, 0.3) is 21.8 Å². The summed E-state index contributed by atoms with van der Waals surface area (Å²) >= 11 is 6.73. The molecule has 2 aliphatic heterocycles. The van der Waals surface area contributed by atoms with Crippen LogP contribution in [-0.2, 0) is 23.6 Å². The van der Waals surface area contributed by atoms with Crippen LogP contribution in [0.2, 0.25) is 5.02 Å². The molecule has 1 N–H and O–H groups in total.